The van der Waals surface area contributed by atoms with Gasteiger partial charge in [0, 0.05) is 6.54 Å². The fraction of sp³-hybridized carbons (Fsp3) is 1.00. The van der Waals surface area contributed by atoms with Gasteiger partial charge in [0.15, 0.2) is 0 Å². The average molecular weight is 143 g/mol. The van der Waals surface area contributed by atoms with Crippen LogP contribution in [0.5, 0.6) is 0 Å². The van der Waals surface area contributed by atoms with Crippen molar-refractivity contribution in [3.05, 3.63) is 0 Å². The van der Waals surface area contributed by atoms with Crippen LogP contribution >= 0.6 is 0 Å². The SMILES string of the molecule is CCCN1CCCC(O)C1. The minimum absolute atomic E-state index is 0.0553. The summed E-state index contributed by atoms with van der Waals surface area (Å²) in [4.78, 5) is 2.34. The number of piperidine rings is 1. The molecule has 1 atom stereocenters. The van der Waals surface area contributed by atoms with E-state index in [0.717, 1.165) is 19.5 Å². The number of rotatable bonds is 2. The van der Waals surface area contributed by atoms with Gasteiger partial charge in [-0.05, 0) is 32.4 Å². The first-order valence-corrected chi connectivity index (χ1v) is 4.23. The van der Waals surface area contributed by atoms with E-state index >= 15 is 0 Å². The Morgan fingerprint density at radius 3 is 3.00 bits per heavy atom. The van der Waals surface area contributed by atoms with Gasteiger partial charge in [0.1, 0.15) is 0 Å². The standard InChI is InChI=1S/C8H17NO/c1-2-5-9-6-3-4-8(10)7-9/h8,10H,2-7H2,1H3. The highest BCUT2D eigenvalue weighted by Crippen LogP contribution is 2.09. The Balaban J connectivity index is 2.18. The number of nitrogens with zero attached hydrogens (tertiary/aromatic N) is 1. The Kier molecular flexibility index (Phi) is 3.16. The Labute approximate surface area is 62.8 Å². The summed E-state index contributed by atoms with van der Waals surface area (Å²) in [5.74, 6) is 0. The molecular formula is C8H17NO. The zero-order chi connectivity index (χ0) is 7.40. The fourth-order valence-electron chi connectivity index (χ4n) is 1.55. The molecule has 1 unspecified atom stereocenters. The van der Waals surface area contributed by atoms with E-state index in [-0.39, 0.29) is 6.10 Å². The highest BCUT2D eigenvalue weighted by Gasteiger charge is 2.15. The van der Waals surface area contributed by atoms with E-state index in [4.69, 9.17) is 0 Å². The summed E-state index contributed by atoms with van der Waals surface area (Å²) in [6.45, 7) is 5.41. The van der Waals surface area contributed by atoms with Gasteiger partial charge in [-0.1, -0.05) is 6.92 Å². The molecule has 0 saturated carbocycles. The van der Waals surface area contributed by atoms with E-state index < -0.39 is 0 Å². The Hall–Kier alpha value is -0.0800. The third-order valence-corrected chi connectivity index (χ3v) is 2.02. The van der Waals surface area contributed by atoms with Crippen LogP contribution in [0.2, 0.25) is 0 Å². The lowest BCUT2D eigenvalue weighted by molar-refractivity contribution is 0.0709. The maximum Gasteiger partial charge on any atom is 0.0667 e. The summed E-state index contributed by atoms with van der Waals surface area (Å²) in [7, 11) is 0. The van der Waals surface area contributed by atoms with E-state index in [2.05, 4.69) is 11.8 Å². The van der Waals surface area contributed by atoms with Crippen molar-refractivity contribution in [1.29, 1.82) is 0 Å². The topological polar surface area (TPSA) is 23.5 Å². The van der Waals surface area contributed by atoms with Crippen molar-refractivity contribution in [3.63, 3.8) is 0 Å². The molecule has 0 aromatic heterocycles. The number of β-amino-alcohol motifs (C(OH)–C–C–N with tert-alkyl or cyclic N) is 1. The van der Waals surface area contributed by atoms with Gasteiger partial charge in [0.2, 0.25) is 0 Å². The Bertz CT molecular complexity index is 93.3. The number of aliphatic hydroxyl groups is 1. The van der Waals surface area contributed by atoms with Gasteiger partial charge < -0.3 is 10.0 Å². The second-order valence-corrected chi connectivity index (χ2v) is 3.10. The van der Waals surface area contributed by atoms with E-state index in [9.17, 15) is 5.11 Å². The van der Waals surface area contributed by atoms with Crippen LogP contribution in [0.1, 0.15) is 26.2 Å². The molecule has 0 bridgehead atoms. The summed E-state index contributed by atoms with van der Waals surface area (Å²) < 4.78 is 0. The molecule has 0 amide bonds. The summed E-state index contributed by atoms with van der Waals surface area (Å²) in [6, 6.07) is 0. The molecule has 0 aromatic carbocycles. The molecule has 0 spiro atoms. The summed E-state index contributed by atoms with van der Waals surface area (Å²) in [5, 5.41) is 9.26. The second-order valence-electron chi connectivity index (χ2n) is 3.10. The summed E-state index contributed by atoms with van der Waals surface area (Å²) in [5.41, 5.74) is 0. The van der Waals surface area contributed by atoms with Crippen LogP contribution in [0.25, 0.3) is 0 Å². The molecule has 0 aliphatic carbocycles. The molecule has 1 heterocycles. The van der Waals surface area contributed by atoms with Crippen LogP contribution in [-0.2, 0) is 0 Å². The van der Waals surface area contributed by atoms with Gasteiger partial charge in [-0.25, -0.2) is 0 Å². The van der Waals surface area contributed by atoms with Gasteiger partial charge in [-0.2, -0.15) is 0 Å². The number of aliphatic hydroxyl groups excluding tert-OH is 1. The van der Waals surface area contributed by atoms with Crippen LogP contribution in [0.4, 0.5) is 0 Å². The van der Waals surface area contributed by atoms with E-state index in [1.165, 1.54) is 19.4 Å². The van der Waals surface area contributed by atoms with Crippen molar-refractivity contribution in [2.75, 3.05) is 19.6 Å². The van der Waals surface area contributed by atoms with Gasteiger partial charge >= 0.3 is 0 Å². The largest absolute Gasteiger partial charge is 0.392 e. The minimum atomic E-state index is -0.0553. The van der Waals surface area contributed by atoms with Crippen molar-refractivity contribution in [1.82, 2.24) is 4.90 Å². The van der Waals surface area contributed by atoms with E-state index in [1.54, 1.807) is 0 Å². The first kappa shape index (κ1) is 8.02. The maximum absolute atomic E-state index is 9.26. The quantitative estimate of drug-likeness (QED) is 0.619. The number of likely N-dealkylation sites (tertiary alicyclic amines) is 1. The predicted octanol–water partition coefficient (Wildman–Crippen LogP) is 0.853. The fourth-order valence-corrected chi connectivity index (χ4v) is 1.55. The third-order valence-electron chi connectivity index (χ3n) is 2.02. The molecule has 0 radical (unpaired) electrons. The van der Waals surface area contributed by atoms with Gasteiger partial charge in [-0.3, -0.25) is 0 Å². The van der Waals surface area contributed by atoms with Crippen molar-refractivity contribution < 1.29 is 5.11 Å². The van der Waals surface area contributed by atoms with Crippen LogP contribution in [0, 0.1) is 0 Å². The smallest absolute Gasteiger partial charge is 0.0667 e. The van der Waals surface area contributed by atoms with Crippen molar-refractivity contribution in [2.24, 2.45) is 0 Å². The molecule has 1 aliphatic rings. The molecule has 1 aliphatic heterocycles. The lowest BCUT2D eigenvalue weighted by Crippen LogP contribution is -2.38. The van der Waals surface area contributed by atoms with Gasteiger partial charge in [-0.15, -0.1) is 0 Å². The molecule has 2 heteroatoms. The lowest BCUT2D eigenvalue weighted by atomic mass is 10.1. The lowest BCUT2D eigenvalue weighted by Gasteiger charge is -2.29. The summed E-state index contributed by atoms with van der Waals surface area (Å²) in [6.07, 6.45) is 3.31. The molecule has 0 aromatic rings. The van der Waals surface area contributed by atoms with Crippen LogP contribution in [-0.4, -0.2) is 35.7 Å². The van der Waals surface area contributed by atoms with Crippen LogP contribution in [0.3, 0.4) is 0 Å². The molecular weight excluding hydrogens is 126 g/mol. The minimum Gasteiger partial charge on any atom is -0.392 e. The highest BCUT2D eigenvalue weighted by molar-refractivity contribution is 4.70. The van der Waals surface area contributed by atoms with Crippen LogP contribution in [0.15, 0.2) is 0 Å². The first-order chi connectivity index (χ1) is 4.83. The molecule has 10 heavy (non-hydrogen) atoms. The van der Waals surface area contributed by atoms with Gasteiger partial charge in [0.25, 0.3) is 0 Å². The molecule has 2 nitrogen and oxygen atoms in total. The normalized spacial score (nSPS) is 28.8. The van der Waals surface area contributed by atoms with Crippen molar-refractivity contribution in [3.8, 4) is 0 Å². The maximum atomic E-state index is 9.26. The molecule has 60 valence electrons. The third kappa shape index (κ3) is 2.27. The second kappa shape index (κ2) is 3.94. The monoisotopic (exact) mass is 143 g/mol. The Morgan fingerprint density at radius 1 is 1.60 bits per heavy atom. The highest BCUT2D eigenvalue weighted by atomic mass is 16.3. The predicted molar refractivity (Wildman–Crippen MR) is 42.0 cm³/mol. The molecule has 1 saturated heterocycles. The average Bonchev–Trinajstić information content (AvgIpc) is 1.88. The molecule has 1 fully saturated rings. The van der Waals surface area contributed by atoms with Crippen molar-refractivity contribution in [2.45, 2.75) is 32.3 Å². The summed E-state index contributed by atoms with van der Waals surface area (Å²) >= 11 is 0. The number of hydrogen-bond donors (Lipinski definition) is 1. The number of hydrogen-bond acceptors (Lipinski definition) is 2. The molecule has 1 N–H and O–H groups in total. The molecule has 1 rings (SSSR count). The van der Waals surface area contributed by atoms with Crippen LogP contribution < -0.4 is 0 Å². The van der Waals surface area contributed by atoms with Crippen molar-refractivity contribution >= 4 is 0 Å². The zero-order valence-electron chi connectivity index (χ0n) is 6.71. The first-order valence-electron chi connectivity index (χ1n) is 4.23. The Morgan fingerprint density at radius 2 is 2.40 bits per heavy atom. The zero-order valence-corrected chi connectivity index (χ0v) is 6.71. The van der Waals surface area contributed by atoms with E-state index in [1.807, 2.05) is 0 Å². The van der Waals surface area contributed by atoms with Gasteiger partial charge in [0.05, 0.1) is 6.10 Å². The van der Waals surface area contributed by atoms with E-state index in [0.29, 0.717) is 0 Å².